The number of phenolic OH excluding ortho intramolecular Hbond substituents is 1. The Balaban J connectivity index is 2.53. The Kier molecular flexibility index (Phi) is 8.01. The molecule has 0 saturated heterocycles. The molecule has 1 N–H and O–H groups in total. The Morgan fingerprint density at radius 2 is 1.78 bits per heavy atom. The number of aryl methyl sites for hydroxylation is 1. The number of ether oxygens (including phenoxy) is 2. The standard InChI is InChI=1S/C22H33NO4/c1-5-7-9-10-14-26-20-18-12-11-17(24)15-19(18)23(13-8-6-2)22(25)21(20)27-16(3)4/h11-12,15-16,24H,5-10,13-14H2,1-4H3. The molecule has 1 heterocycles. The second kappa shape index (κ2) is 10.2. The first kappa shape index (κ1) is 21.1. The first-order chi connectivity index (χ1) is 13.0. The zero-order valence-electron chi connectivity index (χ0n) is 17.1. The lowest BCUT2D eigenvalue weighted by molar-refractivity contribution is 0.216. The Morgan fingerprint density at radius 3 is 2.44 bits per heavy atom. The third-order valence-electron chi connectivity index (χ3n) is 4.50. The number of benzene rings is 1. The number of hydrogen-bond donors (Lipinski definition) is 1. The SMILES string of the molecule is CCCCCCOc1c(OC(C)C)c(=O)n(CCCC)c2cc(O)ccc12. The molecule has 0 fully saturated rings. The van der Waals surface area contributed by atoms with Crippen LogP contribution in [0.5, 0.6) is 17.2 Å². The summed E-state index contributed by atoms with van der Waals surface area (Å²) in [6.07, 6.45) is 6.10. The largest absolute Gasteiger partial charge is 0.508 e. The molecular weight excluding hydrogens is 342 g/mol. The molecule has 1 aromatic heterocycles. The van der Waals surface area contributed by atoms with Crippen LogP contribution in [0.1, 0.15) is 66.2 Å². The van der Waals surface area contributed by atoms with Crippen molar-refractivity contribution in [3.63, 3.8) is 0 Å². The van der Waals surface area contributed by atoms with Crippen molar-refractivity contribution in [2.24, 2.45) is 0 Å². The van der Waals surface area contributed by atoms with Crippen LogP contribution >= 0.6 is 0 Å². The summed E-state index contributed by atoms with van der Waals surface area (Å²) in [4.78, 5) is 13.2. The van der Waals surface area contributed by atoms with Gasteiger partial charge in [-0.25, -0.2) is 0 Å². The minimum atomic E-state index is -0.196. The lowest BCUT2D eigenvalue weighted by Crippen LogP contribution is -2.25. The quantitative estimate of drug-likeness (QED) is 0.545. The molecule has 5 heteroatoms. The van der Waals surface area contributed by atoms with Crippen LogP contribution in [-0.2, 0) is 6.54 Å². The molecule has 0 unspecified atom stereocenters. The summed E-state index contributed by atoms with van der Waals surface area (Å²) in [5.74, 6) is 0.904. The predicted octanol–water partition coefficient (Wildman–Crippen LogP) is 5.25. The first-order valence-corrected chi connectivity index (χ1v) is 10.2. The van der Waals surface area contributed by atoms with Crippen molar-refractivity contribution in [2.45, 2.75) is 78.9 Å². The molecule has 0 aliphatic heterocycles. The van der Waals surface area contributed by atoms with Crippen molar-refractivity contribution in [1.29, 1.82) is 0 Å². The van der Waals surface area contributed by atoms with Crippen molar-refractivity contribution < 1.29 is 14.6 Å². The minimum absolute atomic E-state index is 0.130. The molecule has 2 rings (SSSR count). The van der Waals surface area contributed by atoms with E-state index in [4.69, 9.17) is 9.47 Å². The van der Waals surface area contributed by atoms with Gasteiger partial charge in [-0.2, -0.15) is 0 Å². The molecule has 2 aromatic rings. The van der Waals surface area contributed by atoms with E-state index in [0.29, 0.717) is 24.4 Å². The van der Waals surface area contributed by atoms with Crippen LogP contribution in [0.2, 0.25) is 0 Å². The summed E-state index contributed by atoms with van der Waals surface area (Å²) in [6, 6.07) is 5.07. The van der Waals surface area contributed by atoms with E-state index in [1.54, 1.807) is 22.8 Å². The molecule has 0 saturated carbocycles. The van der Waals surface area contributed by atoms with Gasteiger partial charge in [0, 0.05) is 18.0 Å². The van der Waals surface area contributed by atoms with Crippen LogP contribution in [0.3, 0.4) is 0 Å². The fourth-order valence-corrected chi connectivity index (χ4v) is 3.11. The fourth-order valence-electron chi connectivity index (χ4n) is 3.11. The maximum absolute atomic E-state index is 13.2. The topological polar surface area (TPSA) is 60.7 Å². The summed E-state index contributed by atoms with van der Waals surface area (Å²) >= 11 is 0. The average molecular weight is 376 g/mol. The van der Waals surface area contributed by atoms with Crippen molar-refractivity contribution in [3.05, 3.63) is 28.6 Å². The van der Waals surface area contributed by atoms with Gasteiger partial charge in [-0.05, 0) is 38.8 Å². The zero-order chi connectivity index (χ0) is 19.8. The Labute approximate surface area is 161 Å². The summed E-state index contributed by atoms with van der Waals surface area (Å²) in [7, 11) is 0. The van der Waals surface area contributed by atoms with Crippen molar-refractivity contribution >= 4 is 10.9 Å². The molecule has 0 atom stereocenters. The van der Waals surface area contributed by atoms with Crippen LogP contribution in [0.25, 0.3) is 10.9 Å². The molecular formula is C22H33NO4. The normalized spacial score (nSPS) is 11.3. The summed E-state index contributed by atoms with van der Waals surface area (Å²) in [6.45, 7) is 9.20. The lowest BCUT2D eigenvalue weighted by atomic mass is 10.1. The van der Waals surface area contributed by atoms with Gasteiger partial charge in [0.05, 0.1) is 18.2 Å². The van der Waals surface area contributed by atoms with E-state index < -0.39 is 0 Å². The van der Waals surface area contributed by atoms with Crippen LogP contribution in [0.4, 0.5) is 0 Å². The van der Waals surface area contributed by atoms with Crippen LogP contribution in [0, 0.1) is 0 Å². The van der Waals surface area contributed by atoms with Gasteiger partial charge in [-0.3, -0.25) is 4.79 Å². The molecule has 0 radical (unpaired) electrons. The van der Waals surface area contributed by atoms with E-state index in [0.717, 1.165) is 37.5 Å². The predicted molar refractivity (Wildman–Crippen MR) is 110 cm³/mol. The molecule has 0 aliphatic carbocycles. The summed E-state index contributed by atoms with van der Waals surface area (Å²) in [5, 5.41) is 10.8. The van der Waals surface area contributed by atoms with Crippen molar-refractivity contribution in [1.82, 2.24) is 4.57 Å². The smallest absolute Gasteiger partial charge is 0.297 e. The third-order valence-corrected chi connectivity index (χ3v) is 4.50. The van der Waals surface area contributed by atoms with E-state index >= 15 is 0 Å². The number of pyridine rings is 1. The molecule has 0 spiro atoms. The fraction of sp³-hybridized carbons (Fsp3) is 0.591. The van der Waals surface area contributed by atoms with E-state index in [-0.39, 0.29) is 23.2 Å². The Hall–Kier alpha value is -2.17. The second-order valence-electron chi connectivity index (χ2n) is 7.25. The minimum Gasteiger partial charge on any atom is -0.508 e. The van der Waals surface area contributed by atoms with Crippen molar-refractivity contribution in [3.8, 4) is 17.2 Å². The summed E-state index contributed by atoms with van der Waals surface area (Å²) < 4.78 is 13.6. The Morgan fingerprint density at radius 1 is 1.04 bits per heavy atom. The van der Waals surface area contributed by atoms with Gasteiger partial charge in [0.25, 0.3) is 5.56 Å². The molecule has 5 nitrogen and oxygen atoms in total. The van der Waals surface area contributed by atoms with Gasteiger partial charge in [0.2, 0.25) is 5.75 Å². The van der Waals surface area contributed by atoms with Gasteiger partial charge < -0.3 is 19.1 Å². The highest BCUT2D eigenvalue weighted by Gasteiger charge is 2.21. The first-order valence-electron chi connectivity index (χ1n) is 10.2. The molecule has 150 valence electrons. The number of aromatic hydroxyl groups is 1. The number of aromatic nitrogens is 1. The van der Waals surface area contributed by atoms with Gasteiger partial charge in [-0.15, -0.1) is 0 Å². The van der Waals surface area contributed by atoms with E-state index in [9.17, 15) is 9.90 Å². The number of phenols is 1. The molecule has 0 bridgehead atoms. The van der Waals surface area contributed by atoms with Crippen LogP contribution in [0.15, 0.2) is 23.0 Å². The van der Waals surface area contributed by atoms with Gasteiger partial charge in [0.15, 0.2) is 5.75 Å². The molecule has 0 aliphatic rings. The average Bonchev–Trinajstić information content (AvgIpc) is 2.63. The van der Waals surface area contributed by atoms with Gasteiger partial charge >= 0.3 is 0 Å². The number of unbranched alkanes of at least 4 members (excludes halogenated alkanes) is 4. The molecule has 1 aromatic carbocycles. The highest BCUT2D eigenvalue weighted by atomic mass is 16.5. The highest BCUT2D eigenvalue weighted by Crippen LogP contribution is 2.35. The monoisotopic (exact) mass is 375 g/mol. The second-order valence-corrected chi connectivity index (χ2v) is 7.25. The summed E-state index contributed by atoms with van der Waals surface area (Å²) in [5.41, 5.74) is 0.493. The van der Waals surface area contributed by atoms with E-state index in [2.05, 4.69) is 13.8 Å². The molecule has 27 heavy (non-hydrogen) atoms. The third kappa shape index (κ3) is 5.41. The number of hydrogen-bond acceptors (Lipinski definition) is 4. The van der Waals surface area contributed by atoms with E-state index in [1.165, 1.54) is 6.42 Å². The number of nitrogens with zero attached hydrogens (tertiary/aromatic N) is 1. The highest BCUT2D eigenvalue weighted by molar-refractivity contribution is 5.89. The number of rotatable bonds is 11. The van der Waals surface area contributed by atoms with Gasteiger partial charge in [-0.1, -0.05) is 39.5 Å². The van der Waals surface area contributed by atoms with Crippen molar-refractivity contribution in [2.75, 3.05) is 6.61 Å². The van der Waals surface area contributed by atoms with E-state index in [1.807, 2.05) is 13.8 Å². The van der Waals surface area contributed by atoms with Crippen LogP contribution < -0.4 is 15.0 Å². The maximum atomic E-state index is 13.2. The lowest BCUT2D eigenvalue weighted by Gasteiger charge is -2.20. The number of fused-ring (bicyclic) bond motifs is 1. The van der Waals surface area contributed by atoms with Crippen LogP contribution in [-0.4, -0.2) is 22.4 Å². The maximum Gasteiger partial charge on any atom is 0.297 e. The Bertz CT molecular complexity index is 795. The zero-order valence-corrected chi connectivity index (χ0v) is 17.1. The molecule has 0 amide bonds. The van der Waals surface area contributed by atoms with Gasteiger partial charge in [0.1, 0.15) is 5.75 Å².